The summed E-state index contributed by atoms with van der Waals surface area (Å²) in [7, 11) is 0. The van der Waals surface area contributed by atoms with Gasteiger partial charge in [-0.15, -0.1) is 0 Å². The van der Waals surface area contributed by atoms with Crippen LogP contribution in [0.1, 0.15) is 23.6 Å². The van der Waals surface area contributed by atoms with Gasteiger partial charge >= 0.3 is 5.97 Å². The van der Waals surface area contributed by atoms with Gasteiger partial charge in [0.2, 0.25) is 0 Å². The average molecular weight is 476 g/mol. The van der Waals surface area contributed by atoms with Crippen LogP contribution >= 0.6 is 0 Å². The number of esters is 1. The van der Waals surface area contributed by atoms with E-state index in [1.165, 1.54) is 23.4 Å². The molecule has 0 bridgehead atoms. The Kier molecular flexibility index (Phi) is 7.13. The molecule has 0 spiro atoms. The minimum Gasteiger partial charge on any atom is -0.466 e. The lowest BCUT2D eigenvalue weighted by atomic mass is 10.0. The van der Waals surface area contributed by atoms with Crippen molar-refractivity contribution in [1.82, 2.24) is 4.57 Å². The second kappa shape index (κ2) is 11.0. The van der Waals surface area contributed by atoms with E-state index in [2.05, 4.69) is 71.4 Å². The summed E-state index contributed by atoms with van der Waals surface area (Å²) in [4.78, 5) is 11.2. The highest BCUT2D eigenvalue weighted by molar-refractivity contribution is 5.86. The summed E-state index contributed by atoms with van der Waals surface area (Å²) in [6.45, 7) is 1.84. The maximum atomic E-state index is 11.2. The zero-order valence-corrected chi connectivity index (χ0v) is 20.4. The van der Waals surface area contributed by atoms with Crippen LogP contribution in [0.3, 0.4) is 0 Å². The number of rotatable bonds is 9. The van der Waals surface area contributed by atoms with Gasteiger partial charge in [-0.05, 0) is 78.1 Å². The topological polar surface area (TPSA) is 40.5 Å². The predicted molar refractivity (Wildman–Crippen MR) is 144 cm³/mol. The molecule has 5 aromatic rings. The quantitative estimate of drug-likeness (QED) is 0.210. The third-order valence-corrected chi connectivity index (χ3v) is 6.27. The summed E-state index contributed by atoms with van der Waals surface area (Å²) in [5.74, 6) is 1.38. The van der Waals surface area contributed by atoms with Crippen LogP contribution in [0.2, 0.25) is 0 Å². The third-order valence-electron chi connectivity index (χ3n) is 6.27. The number of nitrogens with zero attached hydrogens (tertiary/aromatic N) is 1. The van der Waals surface area contributed by atoms with Crippen molar-refractivity contribution in [2.75, 3.05) is 6.61 Å². The zero-order valence-electron chi connectivity index (χ0n) is 20.4. The van der Waals surface area contributed by atoms with E-state index in [0.29, 0.717) is 13.0 Å². The molecule has 36 heavy (non-hydrogen) atoms. The summed E-state index contributed by atoms with van der Waals surface area (Å²) in [5.41, 5.74) is 6.03. The Balaban J connectivity index is 1.44. The molecule has 0 N–H and O–H groups in total. The van der Waals surface area contributed by atoms with Gasteiger partial charge in [0, 0.05) is 30.6 Å². The van der Waals surface area contributed by atoms with Crippen molar-refractivity contribution in [2.45, 2.75) is 26.2 Å². The van der Waals surface area contributed by atoms with Crippen molar-refractivity contribution in [3.63, 3.8) is 0 Å². The number of ether oxygens (including phenoxy) is 2. The lowest BCUT2D eigenvalue weighted by Crippen LogP contribution is -2.03. The minimum atomic E-state index is -0.245. The van der Waals surface area contributed by atoms with Crippen molar-refractivity contribution in [3.8, 4) is 17.2 Å². The molecule has 4 heteroatoms. The Morgan fingerprint density at radius 1 is 0.722 bits per heavy atom. The first-order valence-corrected chi connectivity index (χ1v) is 12.3. The molecule has 0 atom stereocenters. The Hall–Kier alpha value is -4.31. The molecule has 0 radical (unpaired) electrons. The maximum Gasteiger partial charge on any atom is 0.302 e. The Morgan fingerprint density at radius 3 is 2.14 bits per heavy atom. The number of carbonyl (C=O) groups excluding carboxylic acids is 1. The van der Waals surface area contributed by atoms with Gasteiger partial charge in [0.05, 0.1) is 12.1 Å². The van der Waals surface area contributed by atoms with E-state index in [1.807, 2.05) is 42.5 Å². The SMILES string of the molecule is CC(=O)OCCc1ccc2c(c1)c(CCc1ccccc1)cn2-c1ccc(Oc2ccccc2)cc1. The highest BCUT2D eigenvalue weighted by Crippen LogP contribution is 2.29. The normalized spacial score (nSPS) is 10.9. The number of para-hydroxylation sites is 1. The summed E-state index contributed by atoms with van der Waals surface area (Å²) >= 11 is 0. The van der Waals surface area contributed by atoms with E-state index >= 15 is 0 Å². The number of carbonyl (C=O) groups is 1. The fourth-order valence-electron chi connectivity index (χ4n) is 4.45. The molecule has 4 aromatic carbocycles. The predicted octanol–water partition coefficient (Wildman–Crippen LogP) is 7.31. The summed E-state index contributed by atoms with van der Waals surface area (Å²) < 4.78 is 13.4. The largest absolute Gasteiger partial charge is 0.466 e. The maximum absolute atomic E-state index is 11.2. The second-order valence-electron chi connectivity index (χ2n) is 8.86. The molecular formula is C32H29NO3. The van der Waals surface area contributed by atoms with Crippen molar-refractivity contribution < 1.29 is 14.3 Å². The van der Waals surface area contributed by atoms with Crippen LogP contribution in [0.25, 0.3) is 16.6 Å². The number of aryl methyl sites for hydroxylation is 2. The van der Waals surface area contributed by atoms with Crippen molar-refractivity contribution in [1.29, 1.82) is 0 Å². The van der Waals surface area contributed by atoms with Crippen LogP contribution in [-0.2, 0) is 28.8 Å². The minimum absolute atomic E-state index is 0.245. The lowest BCUT2D eigenvalue weighted by molar-refractivity contribution is -0.140. The van der Waals surface area contributed by atoms with Crippen LogP contribution in [0.4, 0.5) is 0 Å². The molecule has 1 heterocycles. The number of benzene rings is 4. The number of fused-ring (bicyclic) bond motifs is 1. The van der Waals surface area contributed by atoms with Crippen LogP contribution in [0, 0.1) is 0 Å². The van der Waals surface area contributed by atoms with Crippen molar-refractivity contribution >= 4 is 16.9 Å². The monoisotopic (exact) mass is 475 g/mol. The molecule has 0 amide bonds. The summed E-state index contributed by atoms with van der Waals surface area (Å²) in [6.07, 6.45) is 4.86. The molecule has 5 rings (SSSR count). The molecule has 0 saturated heterocycles. The molecule has 0 aliphatic carbocycles. The average Bonchev–Trinajstić information content (AvgIpc) is 3.27. The van der Waals surface area contributed by atoms with Gasteiger partial charge in [-0.1, -0.05) is 54.6 Å². The Morgan fingerprint density at radius 2 is 1.42 bits per heavy atom. The van der Waals surface area contributed by atoms with E-state index in [-0.39, 0.29) is 5.97 Å². The first-order valence-electron chi connectivity index (χ1n) is 12.3. The van der Waals surface area contributed by atoms with Gasteiger partial charge in [0.1, 0.15) is 11.5 Å². The zero-order chi connectivity index (χ0) is 24.7. The van der Waals surface area contributed by atoms with Crippen molar-refractivity contribution in [3.05, 3.63) is 126 Å². The van der Waals surface area contributed by atoms with E-state index in [4.69, 9.17) is 9.47 Å². The van der Waals surface area contributed by atoms with E-state index < -0.39 is 0 Å². The fourth-order valence-corrected chi connectivity index (χ4v) is 4.45. The highest BCUT2D eigenvalue weighted by atomic mass is 16.5. The molecule has 0 fully saturated rings. The molecule has 0 aliphatic rings. The number of hydrogen-bond acceptors (Lipinski definition) is 3. The molecule has 0 unspecified atom stereocenters. The van der Waals surface area contributed by atoms with Crippen LogP contribution in [-0.4, -0.2) is 17.1 Å². The van der Waals surface area contributed by atoms with E-state index in [0.717, 1.165) is 41.1 Å². The van der Waals surface area contributed by atoms with Gasteiger partial charge in [-0.3, -0.25) is 4.79 Å². The smallest absolute Gasteiger partial charge is 0.302 e. The number of hydrogen-bond donors (Lipinski definition) is 0. The highest BCUT2D eigenvalue weighted by Gasteiger charge is 2.12. The van der Waals surface area contributed by atoms with Crippen LogP contribution in [0.5, 0.6) is 11.5 Å². The van der Waals surface area contributed by atoms with Crippen LogP contribution in [0.15, 0.2) is 109 Å². The Labute approximate surface area is 211 Å². The van der Waals surface area contributed by atoms with E-state index in [9.17, 15) is 4.79 Å². The van der Waals surface area contributed by atoms with Gasteiger partial charge in [0.25, 0.3) is 0 Å². The van der Waals surface area contributed by atoms with Crippen LogP contribution < -0.4 is 4.74 Å². The van der Waals surface area contributed by atoms with Gasteiger partial charge < -0.3 is 14.0 Å². The molecule has 0 saturated carbocycles. The van der Waals surface area contributed by atoms with Gasteiger partial charge in [-0.25, -0.2) is 0 Å². The van der Waals surface area contributed by atoms with Crippen molar-refractivity contribution in [2.24, 2.45) is 0 Å². The first-order chi connectivity index (χ1) is 17.7. The molecular weight excluding hydrogens is 446 g/mol. The van der Waals surface area contributed by atoms with E-state index in [1.54, 1.807) is 0 Å². The number of aromatic nitrogens is 1. The van der Waals surface area contributed by atoms with Gasteiger partial charge in [-0.2, -0.15) is 0 Å². The summed E-state index contributed by atoms with van der Waals surface area (Å²) in [6, 6.07) is 35.1. The second-order valence-corrected chi connectivity index (χ2v) is 8.86. The summed E-state index contributed by atoms with van der Waals surface area (Å²) in [5, 5.41) is 1.23. The first kappa shape index (κ1) is 23.4. The molecule has 4 nitrogen and oxygen atoms in total. The Bertz CT molecular complexity index is 1440. The lowest BCUT2D eigenvalue weighted by Gasteiger charge is -2.09. The van der Waals surface area contributed by atoms with Gasteiger partial charge in [0.15, 0.2) is 0 Å². The third kappa shape index (κ3) is 5.66. The standard InChI is InChI=1S/C32H29NO3/c1-24(34)35-21-20-26-13-19-32-31(22-26)27(14-12-25-8-4-2-5-9-25)23-33(32)28-15-17-30(18-16-28)36-29-10-6-3-7-11-29/h2-11,13,15-19,22-23H,12,14,20-21H2,1H3. The molecule has 0 aliphatic heterocycles. The molecule has 180 valence electrons. The molecule has 1 aromatic heterocycles. The fraction of sp³-hybridized carbons (Fsp3) is 0.156.